The van der Waals surface area contributed by atoms with Crippen LogP contribution in [0.5, 0.6) is 0 Å². The zero-order valence-electron chi connectivity index (χ0n) is 9.88. The molecule has 1 aliphatic rings. The van der Waals surface area contributed by atoms with Gasteiger partial charge < -0.3 is 15.8 Å². The summed E-state index contributed by atoms with van der Waals surface area (Å²) < 4.78 is 0. The predicted molar refractivity (Wildman–Crippen MR) is 70.6 cm³/mol. The molecule has 5 heteroatoms. The maximum absolute atomic E-state index is 8.63. The molecule has 1 aliphatic heterocycles. The Morgan fingerprint density at radius 3 is 2.88 bits per heavy atom. The lowest BCUT2D eigenvalue weighted by Crippen LogP contribution is -2.39. The molecule has 0 amide bonds. The monoisotopic (exact) mass is 253 g/mol. The molecule has 1 aromatic rings. The van der Waals surface area contributed by atoms with Crippen LogP contribution < -0.4 is 5.73 Å². The molecule has 4 nitrogen and oxygen atoms in total. The Morgan fingerprint density at radius 2 is 2.29 bits per heavy atom. The van der Waals surface area contributed by atoms with Crippen LogP contribution in [-0.2, 0) is 6.42 Å². The minimum absolute atomic E-state index is 0.261. The van der Waals surface area contributed by atoms with E-state index in [4.69, 9.17) is 10.9 Å². The number of hydrogen-bond acceptors (Lipinski definition) is 4. The number of piperidine rings is 1. The molecular formula is C12H19N3OS. The summed E-state index contributed by atoms with van der Waals surface area (Å²) in [5, 5.41) is 16.1. The van der Waals surface area contributed by atoms with Gasteiger partial charge in [0.1, 0.15) is 5.84 Å². The van der Waals surface area contributed by atoms with Crippen molar-refractivity contribution in [2.24, 2.45) is 16.8 Å². The van der Waals surface area contributed by atoms with Crippen molar-refractivity contribution < 1.29 is 5.21 Å². The fraction of sp³-hybridized carbons (Fsp3) is 0.583. The molecule has 0 saturated carbocycles. The highest BCUT2D eigenvalue weighted by Gasteiger charge is 2.21. The van der Waals surface area contributed by atoms with Crippen LogP contribution in [0.15, 0.2) is 22.0 Å². The van der Waals surface area contributed by atoms with Crippen molar-refractivity contribution >= 4 is 17.2 Å². The number of likely N-dealkylation sites (tertiary alicyclic amines) is 1. The Hall–Kier alpha value is -1.07. The van der Waals surface area contributed by atoms with E-state index in [0.29, 0.717) is 5.84 Å². The molecule has 0 aromatic carbocycles. The Kier molecular flexibility index (Phi) is 4.39. The number of rotatable bonds is 4. The van der Waals surface area contributed by atoms with Gasteiger partial charge in [0.25, 0.3) is 0 Å². The number of nitrogens with two attached hydrogens (primary N) is 1. The highest BCUT2D eigenvalue weighted by Crippen LogP contribution is 2.17. The molecule has 0 atom stereocenters. The van der Waals surface area contributed by atoms with Gasteiger partial charge in [0, 0.05) is 12.5 Å². The molecule has 0 spiro atoms. The molecule has 0 bridgehead atoms. The van der Waals surface area contributed by atoms with Gasteiger partial charge in [-0.1, -0.05) is 5.16 Å². The normalized spacial score (nSPS) is 19.6. The second kappa shape index (κ2) is 6.02. The Bertz CT molecular complexity index is 356. The smallest absolute Gasteiger partial charge is 0.142 e. The van der Waals surface area contributed by atoms with Gasteiger partial charge in [-0.25, -0.2) is 0 Å². The molecule has 2 rings (SSSR count). The second-order valence-corrected chi connectivity index (χ2v) is 5.30. The highest BCUT2D eigenvalue weighted by atomic mass is 32.1. The first-order chi connectivity index (χ1) is 8.29. The molecule has 2 heterocycles. The van der Waals surface area contributed by atoms with E-state index in [1.54, 1.807) is 11.3 Å². The Labute approximate surface area is 106 Å². The van der Waals surface area contributed by atoms with E-state index in [0.717, 1.165) is 38.9 Å². The predicted octanol–water partition coefficient (Wildman–Crippen LogP) is 1.75. The molecule has 3 N–H and O–H groups in total. The third kappa shape index (κ3) is 3.44. The number of oxime groups is 1. The van der Waals surface area contributed by atoms with Gasteiger partial charge in [-0.15, -0.1) is 0 Å². The fourth-order valence-electron chi connectivity index (χ4n) is 2.26. The van der Waals surface area contributed by atoms with Crippen LogP contribution in [0.4, 0.5) is 0 Å². The summed E-state index contributed by atoms with van der Waals surface area (Å²) in [6, 6.07) is 2.19. The molecule has 1 saturated heterocycles. The summed E-state index contributed by atoms with van der Waals surface area (Å²) in [6.45, 7) is 3.20. The molecule has 94 valence electrons. The number of amidine groups is 1. The lowest BCUT2D eigenvalue weighted by molar-refractivity contribution is 0.208. The molecular weight excluding hydrogens is 234 g/mol. The van der Waals surface area contributed by atoms with E-state index in [9.17, 15) is 0 Å². The van der Waals surface area contributed by atoms with E-state index in [1.165, 1.54) is 5.56 Å². The van der Waals surface area contributed by atoms with Gasteiger partial charge in [-0.05, 0) is 54.7 Å². The third-order valence-electron chi connectivity index (χ3n) is 3.42. The number of thiophene rings is 1. The molecule has 17 heavy (non-hydrogen) atoms. The van der Waals surface area contributed by atoms with Gasteiger partial charge in [0.15, 0.2) is 0 Å². The fourth-order valence-corrected chi connectivity index (χ4v) is 2.96. The third-order valence-corrected chi connectivity index (χ3v) is 4.15. The Balaban J connectivity index is 1.72. The minimum Gasteiger partial charge on any atom is -0.409 e. The van der Waals surface area contributed by atoms with Gasteiger partial charge in [-0.2, -0.15) is 11.3 Å². The van der Waals surface area contributed by atoms with Crippen molar-refractivity contribution in [1.82, 2.24) is 4.90 Å². The maximum atomic E-state index is 8.63. The van der Waals surface area contributed by atoms with Gasteiger partial charge in [0.2, 0.25) is 0 Å². The molecule has 0 radical (unpaired) electrons. The molecule has 0 unspecified atom stereocenters. The summed E-state index contributed by atoms with van der Waals surface area (Å²) in [4.78, 5) is 2.46. The quantitative estimate of drug-likeness (QED) is 0.372. The number of hydrogen-bond donors (Lipinski definition) is 2. The van der Waals surface area contributed by atoms with Crippen molar-refractivity contribution in [2.75, 3.05) is 19.6 Å². The second-order valence-electron chi connectivity index (χ2n) is 4.52. The van der Waals surface area contributed by atoms with Gasteiger partial charge in [0.05, 0.1) is 0 Å². The largest absolute Gasteiger partial charge is 0.409 e. The average molecular weight is 253 g/mol. The molecule has 1 fully saturated rings. The summed E-state index contributed by atoms with van der Waals surface area (Å²) in [6.07, 6.45) is 3.12. The van der Waals surface area contributed by atoms with Crippen LogP contribution in [-0.4, -0.2) is 35.6 Å². The summed E-state index contributed by atoms with van der Waals surface area (Å²) in [7, 11) is 0. The van der Waals surface area contributed by atoms with Crippen molar-refractivity contribution in [3.8, 4) is 0 Å². The van der Waals surface area contributed by atoms with E-state index < -0.39 is 0 Å². The first kappa shape index (κ1) is 12.4. The maximum Gasteiger partial charge on any atom is 0.142 e. The van der Waals surface area contributed by atoms with Crippen LogP contribution in [0, 0.1) is 5.92 Å². The van der Waals surface area contributed by atoms with Crippen LogP contribution in [0.2, 0.25) is 0 Å². The van der Waals surface area contributed by atoms with Crippen LogP contribution in [0.3, 0.4) is 0 Å². The van der Waals surface area contributed by atoms with E-state index in [1.807, 2.05) is 0 Å². The molecule has 1 aromatic heterocycles. The average Bonchev–Trinajstić information content (AvgIpc) is 2.89. The lowest BCUT2D eigenvalue weighted by Gasteiger charge is -2.31. The van der Waals surface area contributed by atoms with E-state index in [2.05, 4.69) is 26.9 Å². The first-order valence-corrected chi connectivity index (χ1v) is 6.94. The van der Waals surface area contributed by atoms with Gasteiger partial charge >= 0.3 is 0 Å². The topological polar surface area (TPSA) is 61.9 Å². The van der Waals surface area contributed by atoms with Crippen molar-refractivity contribution in [1.29, 1.82) is 0 Å². The number of nitrogens with zero attached hydrogens (tertiary/aromatic N) is 2. The summed E-state index contributed by atoms with van der Waals surface area (Å²) in [5.74, 6) is 0.653. The minimum atomic E-state index is 0.261. The van der Waals surface area contributed by atoms with Crippen molar-refractivity contribution in [3.05, 3.63) is 22.4 Å². The van der Waals surface area contributed by atoms with Crippen LogP contribution >= 0.6 is 11.3 Å². The van der Waals surface area contributed by atoms with Crippen LogP contribution in [0.25, 0.3) is 0 Å². The Morgan fingerprint density at radius 1 is 1.53 bits per heavy atom. The SMILES string of the molecule is NC(=NO)C1CCN(CCc2ccsc2)CC1. The van der Waals surface area contributed by atoms with E-state index >= 15 is 0 Å². The summed E-state index contributed by atoms with van der Waals surface area (Å²) >= 11 is 1.75. The standard InChI is InChI=1S/C12H19N3OS/c13-12(14-16)11-2-6-15(7-3-11)5-1-10-4-8-17-9-10/h4,8-9,11,16H,1-3,5-7H2,(H2,13,14). The van der Waals surface area contributed by atoms with E-state index in [-0.39, 0.29) is 5.92 Å². The first-order valence-electron chi connectivity index (χ1n) is 6.00. The highest BCUT2D eigenvalue weighted by molar-refractivity contribution is 7.07. The van der Waals surface area contributed by atoms with Gasteiger partial charge in [-0.3, -0.25) is 0 Å². The van der Waals surface area contributed by atoms with Crippen molar-refractivity contribution in [2.45, 2.75) is 19.3 Å². The lowest BCUT2D eigenvalue weighted by atomic mass is 9.95. The zero-order valence-corrected chi connectivity index (χ0v) is 10.7. The zero-order chi connectivity index (χ0) is 12.1. The van der Waals surface area contributed by atoms with Crippen LogP contribution in [0.1, 0.15) is 18.4 Å². The summed E-state index contributed by atoms with van der Waals surface area (Å²) in [5.41, 5.74) is 7.05. The molecule has 0 aliphatic carbocycles. The van der Waals surface area contributed by atoms with Crippen molar-refractivity contribution in [3.63, 3.8) is 0 Å².